The Balaban J connectivity index is 1.96. The molecule has 0 aromatic carbocycles. The van der Waals surface area contributed by atoms with E-state index in [1.165, 1.54) is 6.42 Å². The van der Waals surface area contributed by atoms with Crippen molar-refractivity contribution in [1.82, 2.24) is 5.32 Å². The molecular formula is C10H17NO. The van der Waals surface area contributed by atoms with Crippen LogP contribution in [0.2, 0.25) is 0 Å². The molecule has 0 saturated heterocycles. The Hall–Kier alpha value is -0.760. The number of hydrogen-bond donors (Lipinski definition) is 1. The average molecular weight is 167 g/mol. The van der Waals surface area contributed by atoms with Crippen molar-refractivity contribution in [3.05, 3.63) is 24.2 Å². The molecule has 1 aromatic rings. The minimum atomic E-state index is 1.05. The number of furan rings is 1. The average Bonchev–Trinajstić information content (AvgIpc) is 2.57. The summed E-state index contributed by atoms with van der Waals surface area (Å²) >= 11 is 0. The van der Waals surface area contributed by atoms with E-state index in [1.807, 2.05) is 12.1 Å². The molecule has 0 atom stereocenters. The van der Waals surface area contributed by atoms with Gasteiger partial charge in [0.2, 0.25) is 0 Å². The molecule has 1 heterocycles. The van der Waals surface area contributed by atoms with Crippen molar-refractivity contribution in [2.24, 2.45) is 0 Å². The standard InChI is InChI=1S/C10H17NO/c1-2-7-11-8-3-5-10-6-4-9-12-10/h4,6,9,11H,2-3,5,7-8H2,1H3. The molecule has 1 aromatic heterocycles. The second kappa shape index (κ2) is 5.84. The summed E-state index contributed by atoms with van der Waals surface area (Å²) in [6.45, 7) is 4.40. The Morgan fingerprint density at radius 3 is 3.00 bits per heavy atom. The molecule has 0 amide bonds. The lowest BCUT2D eigenvalue weighted by molar-refractivity contribution is 0.496. The number of hydrogen-bond acceptors (Lipinski definition) is 2. The quantitative estimate of drug-likeness (QED) is 0.657. The van der Waals surface area contributed by atoms with Crippen LogP contribution in [0.15, 0.2) is 22.8 Å². The zero-order chi connectivity index (χ0) is 8.65. The predicted octanol–water partition coefficient (Wildman–Crippen LogP) is 2.21. The van der Waals surface area contributed by atoms with Crippen LogP contribution in [0.1, 0.15) is 25.5 Å². The lowest BCUT2D eigenvalue weighted by Crippen LogP contribution is -2.16. The van der Waals surface area contributed by atoms with Crippen LogP contribution in [-0.2, 0) is 6.42 Å². The maximum Gasteiger partial charge on any atom is 0.103 e. The molecule has 1 rings (SSSR count). The van der Waals surface area contributed by atoms with Crippen LogP contribution in [-0.4, -0.2) is 13.1 Å². The SMILES string of the molecule is CCCNCCCc1ccco1. The van der Waals surface area contributed by atoms with Gasteiger partial charge in [0.05, 0.1) is 6.26 Å². The third kappa shape index (κ3) is 3.58. The Bertz CT molecular complexity index is 182. The predicted molar refractivity (Wildman–Crippen MR) is 50.2 cm³/mol. The van der Waals surface area contributed by atoms with Crippen molar-refractivity contribution in [2.45, 2.75) is 26.2 Å². The summed E-state index contributed by atoms with van der Waals surface area (Å²) in [6, 6.07) is 3.97. The maximum atomic E-state index is 5.21. The van der Waals surface area contributed by atoms with E-state index in [0.717, 1.165) is 31.7 Å². The second-order valence-electron chi connectivity index (χ2n) is 2.93. The summed E-state index contributed by atoms with van der Waals surface area (Å²) in [5.41, 5.74) is 0. The van der Waals surface area contributed by atoms with Crippen LogP contribution < -0.4 is 5.32 Å². The first-order valence-electron chi connectivity index (χ1n) is 4.66. The molecule has 12 heavy (non-hydrogen) atoms. The Labute approximate surface area is 74.0 Å². The summed E-state index contributed by atoms with van der Waals surface area (Å²) in [6.07, 6.45) is 5.15. The summed E-state index contributed by atoms with van der Waals surface area (Å²) in [5, 5.41) is 3.36. The number of rotatable bonds is 6. The highest BCUT2D eigenvalue weighted by Gasteiger charge is 1.93. The number of nitrogens with one attached hydrogen (secondary N) is 1. The molecule has 0 spiro atoms. The van der Waals surface area contributed by atoms with Gasteiger partial charge in [0.15, 0.2) is 0 Å². The van der Waals surface area contributed by atoms with E-state index in [2.05, 4.69) is 12.2 Å². The molecule has 0 aliphatic rings. The highest BCUT2D eigenvalue weighted by atomic mass is 16.3. The zero-order valence-electron chi connectivity index (χ0n) is 7.68. The molecule has 68 valence electrons. The first-order chi connectivity index (χ1) is 5.93. The van der Waals surface area contributed by atoms with E-state index >= 15 is 0 Å². The van der Waals surface area contributed by atoms with Crippen LogP contribution in [0.25, 0.3) is 0 Å². The fraction of sp³-hybridized carbons (Fsp3) is 0.600. The smallest absolute Gasteiger partial charge is 0.103 e. The van der Waals surface area contributed by atoms with E-state index < -0.39 is 0 Å². The van der Waals surface area contributed by atoms with Crippen LogP contribution in [0.5, 0.6) is 0 Å². The van der Waals surface area contributed by atoms with Gasteiger partial charge in [0.1, 0.15) is 5.76 Å². The van der Waals surface area contributed by atoms with E-state index in [-0.39, 0.29) is 0 Å². The topological polar surface area (TPSA) is 25.2 Å². The van der Waals surface area contributed by atoms with Gasteiger partial charge in [-0.05, 0) is 38.1 Å². The van der Waals surface area contributed by atoms with Gasteiger partial charge in [-0.1, -0.05) is 6.92 Å². The normalized spacial score (nSPS) is 10.4. The first-order valence-corrected chi connectivity index (χ1v) is 4.66. The van der Waals surface area contributed by atoms with Gasteiger partial charge in [-0.2, -0.15) is 0 Å². The summed E-state index contributed by atoms with van der Waals surface area (Å²) in [5.74, 6) is 1.09. The second-order valence-corrected chi connectivity index (χ2v) is 2.93. The van der Waals surface area contributed by atoms with Gasteiger partial charge in [0.25, 0.3) is 0 Å². The largest absolute Gasteiger partial charge is 0.469 e. The van der Waals surface area contributed by atoms with E-state index in [4.69, 9.17) is 4.42 Å². The molecule has 0 aliphatic heterocycles. The highest BCUT2D eigenvalue weighted by molar-refractivity contribution is 4.97. The van der Waals surface area contributed by atoms with Crippen molar-refractivity contribution in [3.63, 3.8) is 0 Å². The lowest BCUT2D eigenvalue weighted by atomic mass is 10.2. The van der Waals surface area contributed by atoms with Crippen LogP contribution in [0, 0.1) is 0 Å². The minimum Gasteiger partial charge on any atom is -0.469 e. The van der Waals surface area contributed by atoms with Crippen LogP contribution in [0.3, 0.4) is 0 Å². The van der Waals surface area contributed by atoms with Crippen molar-refractivity contribution in [1.29, 1.82) is 0 Å². The molecule has 0 unspecified atom stereocenters. The Kier molecular flexibility index (Phi) is 4.54. The molecule has 0 radical (unpaired) electrons. The van der Waals surface area contributed by atoms with E-state index in [1.54, 1.807) is 6.26 Å². The van der Waals surface area contributed by atoms with Gasteiger partial charge >= 0.3 is 0 Å². The van der Waals surface area contributed by atoms with Gasteiger partial charge in [-0.3, -0.25) is 0 Å². The van der Waals surface area contributed by atoms with Crippen LogP contribution in [0.4, 0.5) is 0 Å². The highest BCUT2D eigenvalue weighted by Crippen LogP contribution is 2.02. The van der Waals surface area contributed by atoms with Crippen molar-refractivity contribution < 1.29 is 4.42 Å². The van der Waals surface area contributed by atoms with Gasteiger partial charge in [0, 0.05) is 6.42 Å². The monoisotopic (exact) mass is 167 g/mol. The molecule has 0 fully saturated rings. The fourth-order valence-electron chi connectivity index (χ4n) is 1.14. The van der Waals surface area contributed by atoms with Gasteiger partial charge < -0.3 is 9.73 Å². The third-order valence-electron chi connectivity index (χ3n) is 1.78. The Morgan fingerprint density at radius 2 is 2.33 bits per heavy atom. The first kappa shape index (κ1) is 9.33. The van der Waals surface area contributed by atoms with Gasteiger partial charge in [-0.15, -0.1) is 0 Å². The third-order valence-corrected chi connectivity index (χ3v) is 1.78. The molecule has 2 nitrogen and oxygen atoms in total. The van der Waals surface area contributed by atoms with Gasteiger partial charge in [-0.25, -0.2) is 0 Å². The molecule has 2 heteroatoms. The summed E-state index contributed by atoms with van der Waals surface area (Å²) < 4.78 is 5.21. The summed E-state index contributed by atoms with van der Waals surface area (Å²) in [4.78, 5) is 0. The van der Waals surface area contributed by atoms with Crippen molar-refractivity contribution in [2.75, 3.05) is 13.1 Å². The molecule has 1 N–H and O–H groups in total. The molecule has 0 aliphatic carbocycles. The Morgan fingerprint density at radius 1 is 1.42 bits per heavy atom. The minimum absolute atomic E-state index is 1.05. The van der Waals surface area contributed by atoms with E-state index in [0.29, 0.717) is 0 Å². The molecule has 0 saturated carbocycles. The maximum absolute atomic E-state index is 5.21. The van der Waals surface area contributed by atoms with Crippen molar-refractivity contribution >= 4 is 0 Å². The zero-order valence-corrected chi connectivity index (χ0v) is 7.68. The summed E-state index contributed by atoms with van der Waals surface area (Å²) in [7, 11) is 0. The molecule has 0 bridgehead atoms. The molecular weight excluding hydrogens is 150 g/mol. The van der Waals surface area contributed by atoms with Crippen LogP contribution >= 0.6 is 0 Å². The van der Waals surface area contributed by atoms with E-state index in [9.17, 15) is 0 Å². The number of aryl methyl sites for hydroxylation is 1. The van der Waals surface area contributed by atoms with Crippen molar-refractivity contribution in [3.8, 4) is 0 Å². The lowest BCUT2D eigenvalue weighted by Gasteiger charge is -2.00. The fourth-order valence-corrected chi connectivity index (χ4v) is 1.14.